The number of nitrogens with zero attached hydrogens (tertiary/aromatic N) is 1. The van der Waals surface area contributed by atoms with Gasteiger partial charge in [-0.3, -0.25) is 4.79 Å². The van der Waals surface area contributed by atoms with Gasteiger partial charge in [-0.1, -0.05) is 43.0 Å². The number of hydrogen-bond donors (Lipinski definition) is 1. The van der Waals surface area contributed by atoms with Crippen LogP contribution in [-0.4, -0.2) is 17.7 Å². The Kier molecular flexibility index (Phi) is 5.36. The number of aliphatic imine (C=N–C) groups is 1. The number of aryl methyl sites for hydroxylation is 1. The van der Waals surface area contributed by atoms with Crippen molar-refractivity contribution in [3.05, 3.63) is 77.2 Å². The Morgan fingerprint density at radius 2 is 1.96 bits per heavy atom. The Hall–Kier alpha value is -2.79. The van der Waals surface area contributed by atoms with E-state index in [2.05, 4.69) is 16.9 Å². The number of ether oxygens (including phenoxy) is 1. The summed E-state index contributed by atoms with van der Waals surface area (Å²) >= 11 is 1.34. The van der Waals surface area contributed by atoms with Crippen molar-refractivity contribution < 1.29 is 9.53 Å². The minimum atomic E-state index is -0.135. The number of para-hydroxylation sites is 1. The maximum Gasteiger partial charge on any atom is 0.264 e. The molecule has 126 valence electrons. The van der Waals surface area contributed by atoms with Gasteiger partial charge in [-0.15, -0.1) is 0 Å². The van der Waals surface area contributed by atoms with Gasteiger partial charge < -0.3 is 10.1 Å². The predicted molar refractivity (Wildman–Crippen MR) is 104 cm³/mol. The van der Waals surface area contributed by atoms with Crippen LogP contribution in [0.5, 0.6) is 5.75 Å². The highest BCUT2D eigenvalue weighted by atomic mass is 32.2. The second kappa shape index (κ2) is 7.85. The van der Waals surface area contributed by atoms with E-state index in [1.54, 1.807) is 6.08 Å². The Balaban J connectivity index is 1.75. The molecule has 25 heavy (non-hydrogen) atoms. The molecule has 0 aliphatic carbocycles. The molecule has 5 heteroatoms. The lowest BCUT2D eigenvalue weighted by Gasteiger charge is -2.03. The van der Waals surface area contributed by atoms with Crippen molar-refractivity contribution in [2.24, 2.45) is 4.99 Å². The van der Waals surface area contributed by atoms with Gasteiger partial charge in [-0.2, -0.15) is 0 Å². The van der Waals surface area contributed by atoms with Gasteiger partial charge in [0.05, 0.1) is 10.6 Å². The average molecular weight is 350 g/mol. The molecule has 0 saturated carbocycles. The summed E-state index contributed by atoms with van der Waals surface area (Å²) in [5, 5.41) is 3.40. The summed E-state index contributed by atoms with van der Waals surface area (Å²) in [6.07, 6.45) is 3.54. The first-order valence-electron chi connectivity index (χ1n) is 7.84. The molecule has 1 saturated heterocycles. The van der Waals surface area contributed by atoms with E-state index in [-0.39, 0.29) is 5.91 Å². The first kappa shape index (κ1) is 17.0. The first-order chi connectivity index (χ1) is 12.2. The van der Waals surface area contributed by atoms with Crippen molar-refractivity contribution in [3.8, 4) is 5.75 Å². The van der Waals surface area contributed by atoms with Gasteiger partial charge in [-0.05, 0) is 54.1 Å². The van der Waals surface area contributed by atoms with Crippen molar-refractivity contribution in [2.45, 2.75) is 6.92 Å². The summed E-state index contributed by atoms with van der Waals surface area (Å²) in [6.45, 7) is 6.08. The van der Waals surface area contributed by atoms with E-state index >= 15 is 0 Å². The molecule has 0 unspecified atom stereocenters. The number of carbonyl (C=O) groups excluding carboxylic acids is 1. The van der Waals surface area contributed by atoms with Gasteiger partial charge in [0.2, 0.25) is 0 Å². The molecule has 1 fully saturated rings. The summed E-state index contributed by atoms with van der Waals surface area (Å²) in [4.78, 5) is 17.3. The third-order valence-corrected chi connectivity index (χ3v) is 4.44. The first-order valence-corrected chi connectivity index (χ1v) is 8.66. The van der Waals surface area contributed by atoms with Crippen LogP contribution in [0.25, 0.3) is 6.08 Å². The maximum atomic E-state index is 12.2. The van der Waals surface area contributed by atoms with E-state index in [0.29, 0.717) is 16.7 Å². The van der Waals surface area contributed by atoms with Crippen molar-refractivity contribution in [1.29, 1.82) is 0 Å². The highest BCUT2D eigenvalue weighted by molar-refractivity contribution is 8.18. The van der Waals surface area contributed by atoms with Gasteiger partial charge in [-0.25, -0.2) is 4.99 Å². The second-order valence-electron chi connectivity index (χ2n) is 5.44. The van der Waals surface area contributed by atoms with Gasteiger partial charge in [0.25, 0.3) is 5.91 Å². The van der Waals surface area contributed by atoms with Gasteiger partial charge >= 0.3 is 0 Å². The minimum Gasteiger partial charge on any atom is -0.490 e. The number of rotatable bonds is 5. The molecular formula is C20H18N2O2S. The summed E-state index contributed by atoms with van der Waals surface area (Å²) in [7, 11) is 0. The highest BCUT2D eigenvalue weighted by Crippen LogP contribution is 2.29. The standard InChI is InChI=1S/C20H18N2O2S/c1-3-12-24-16-10-8-15(9-11-16)13-18-19(23)22-20(25-18)21-17-7-5-4-6-14(17)2/h3-11,13H,1,12H2,2H3,(H,21,22,23). The molecule has 0 radical (unpaired) electrons. The molecular weight excluding hydrogens is 332 g/mol. The molecule has 4 nitrogen and oxygen atoms in total. The van der Waals surface area contributed by atoms with Crippen LogP contribution in [0, 0.1) is 6.92 Å². The molecule has 3 rings (SSSR count). The maximum absolute atomic E-state index is 12.2. The van der Waals surface area contributed by atoms with Crippen LogP contribution in [0.3, 0.4) is 0 Å². The van der Waals surface area contributed by atoms with E-state index in [0.717, 1.165) is 22.6 Å². The molecule has 0 spiro atoms. The van der Waals surface area contributed by atoms with Crippen LogP contribution >= 0.6 is 11.8 Å². The zero-order valence-electron chi connectivity index (χ0n) is 13.9. The van der Waals surface area contributed by atoms with Gasteiger partial charge in [0, 0.05) is 0 Å². The van der Waals surface area contributed by atoms with Crippen molar-refractivity contribution in [2.75, 3.05) is 6.61 Å². The van der Waals surface area contributed by atoms with E-state index < -0.39 is 0 Å². The van der Waals surface area contributed by atoms with Gasteiger partial charge in [0.1, 0.15) is 12.4 Å². The molecule has 2 aromatic carbocycles. The lowest BCUT2D eigenvalue weighted by Crippen LogP contribution is -2.19. The van der Waals surface area contributed by atoms with Crippen LogP contribution < -0.4 is 10.1 Å². The molecule has 1 heterocycles. The Bertz CT molecular complexity index is 854. The minimum absolute atomic E-state index is 0.135. The molecule has 0 atom stereocenters. The smallest absolute Gasteiger partial charge is 0.264 e. The summed E-state index contributed by atoms with van der Waals surface area (Å²) in [5.74, 6) is 0.636. The highest BCUT2D eigenvalue weighted by Gasteiger charge is 2.23. The molecule has 1 aliphatic heterocycles. The second-order valence-corrected chi connectivity index (χ2v) is 6.47. The third kappa shape index (κ3) is 4.39. The zero-order valence-corrected chi connectivity index (χ0v) is 14.7. The summed E-state index contributed by atoms with van der Waals surface area (Å²) in [6, 6.07) is 15.4. The molecule has 2 aromatic rings. The Morgan fingerprint density at radius 1 is 1.20 bits per heavy atom. The van der Waals surface area contributed by atoms with E-state index in [1.807, 2.05) is 61.5 Å². The largest absolute Gasteiger partial charge is 0.490 e. The number of amides is 1. The fourth-order valence-electron chi connectivity index (χ4n) is 2.25. The predicted octanol–water partition coefficient (Wildman–Crippen LogP) is 4.45. The number of nitrogens with one attached hydrogen (secondary N) is 1. The number of benzene rings is 2. The lowest BCUT2D eigenvalue weighted by molar-refractivity contribution is -0.115. The van der Waals surface area contributed by atoms with Crippen LogP contribution in [-0.2, 0) is 4.79 Å². The van der Waals surface area contributed by atoms with E-state index in [4.69, 9.17) is 4.74 Å². The Labute approximate surface area is 151 Å². The van der Waals surface area contributed by atoms with E-state index in [9.17, 15) is 4.79 Å². The third-order valence-electron chi connectivity index (χ3n) is 3.53. The van der Waals surface area contributed by atoms with Crippen molar-refractivity contribution in [1.82, 2.24) is 5.32 Å². The summed E-state index contributed by atoms with van der Waals surface area (Å²) < 4.78 is 5.45. The fraction of sp³-hybridized carbons (Fsp3) is 0.100. The zero-order chi connectivity index (χ0) is 17.6. The molecule has 1 amide bonds. The topological polar surface area (TPSA) is 50.7 Å². The quantitative estimate of drug-likeness (QED) is 0.640. The van der Waals surface area contributed by atoms with Crippen LogP contribution in [0.15, 0.2) is 71.1 Å². The van der Waals surface area contributed by atoms with Crippen molar-refractivity contribution >= 4 is 34.6 Å². The normalized spacial score (nSPS) is 16.9. The molecule has 1 aliphatic rings. The van der Waals surface area contributed by atoms with Crippen LogP contribution in [0.4, 0.5) is 5.69 Å². The fourth-order valence-corrected chi connectivity index (χ4v) is 3.08. The summed E-state index contributed by atoms with van der Waals surface area (Å²) in [5.41, 5.74) is 2.86. The van der Waals surface area contributed by atoms with E-state index in [1.165, 1.54) is 11.8 Å². The van der Waals surface area contributed by atoms with Gasteiger partial charge in [0.15, 0.2) is 5.17 Å². The number of carbonyl (C=O) groups is 1. The lowest BCUT2D eigenvalue weighted by atomic mass is 10.2. The number of hydrogen-bond acceptors (Lipinski definition) is 4. The van der Waals surface area contributed by atoms with Crippen LogP contribution in [0.1, 0.15) is 11.1 Å². The molecule has 0 bridgehead atoms. The molecule has 0 aromatic heterocycles. The number of amidine groups is 1. The molecule has 1 N–H and O–H groups in total. The van der Waals surface area contributed by atoms with Crippen molar-refractivity contribution in [3.63, 3.8) is 0 Å². The SMILES string of the molecule is C=CCOc1ccc(C=C2SC(=Nc3ccccc3C)NC2=O)cc1. The monoisotopic (exact) mass is 350 g/mol. The van der Waals surface area contributed by atoms with Crippen LogP contribution in [0.2, 0.25) is 0 Å². The Morgan fingerprint density at radius 3 is 2.68 bits per heavy atom. The number of thioether (sulfide) groups is 1. The average Bonchev–Trinajstić information content (AvgIpc) is 2.95.